The predicted molar refractivity (Wildman–Crippen MR) is 115 cm³/mol. The SMILES string of the molecule is CSCc1nc2ccccc2n1CC(=O)N1CCN(c2ccc(Cl)cn2)CC1. The van der Waals surface area contributed by atoms with Gasteiger partial charge in [0.2, 0.25) is 5.91 Å². The van der Waals surface area contributed by atoms with E-state index in [1.54, 1.807) is 18.0 Å². The number of anilines is 1. The molecule has 146 valence electrons. The highest BCUT2D eigenvalue weighted by molar-refractivity contribution is 7.97. The molecule has 1 fully saturated rings. The predicted octanol–water partition coefficient (Wildman–Crippen LogP) is 3.30. The lowest BCUT2D eigenvalue weighted by atomic mass is 10.3. The molecule has 2 aromatic heterocycles. The topological polar surface area (TPSA) is 54.3 Å². The van der Waals surface area contributed by atoms with Gasteiger partial charge in [0.15, 0.2) is 0 Å². The number of benzene rings is 1. The van der Waals surface area contributed by atoms with Crippen molar-refractivity contribution >= 4 is 46.1 Å². The van der Waals surface area contributed by atoms with Crippen LogP contribution in [0.25, 0.3) is 11.0 Å². The number of fused-ring (bicyclic) bond motifs is 1. The minimum Gasteiger partial charge on any atom is -0.353 e. The molecule has 0 unspecified atom stereocenters. The molecule has 0 spiro atoms. The quantitative estimate of drug-likeness (QED) is 0.640. The number of hydrogen-bond acceptors (Lipinski definition) is 5. The van der Waals surface area contributed by atoms with Crippen LogP contribution in [0.15, 0.2) is 42.6 Å². The average Bonchev–Trinajstić information content (AvgIpc) is 3.06. The van der Waals surface area contributed by atoms with Crippen molar-refractivity contribution in [2.45, 2.75) is 12.3 Å². The normalized spacial score (nSPS) is 14.6. The molecule has 1 amide bonds. The van der Waals surface area contributed by atoms with Crippen LogP contribution in [0.1, 0.15) is 5.82 Å². The standard InChI is InChI=1S/C20H22ClN5OS/c1-28-14-19-23-16-4-2-3-5-17(16)26(19)13-20(27)25-10-8-24(9-11-25)18-7-6-15(21)12-22-18/h2-7,12H,8-11,13-14H2,1H3. The Hall–Kier alpha value is -2.25. The van der Waals surface area contributed by atoms with E-state index < -0.39 is 0 Å². The summed E-state index contributed by atoms with van der Waals surface area (Å²) in [6.07, 6.45) is 3.71. The van der Waals surface area contributed by atoms with Crippen LogP contribution in [0, 0.1) is 0 Å². The van der Waals surface area contributed by atoms with E-state index in [1.807, 2.05) is 41.3 Å². The van der Waals surface area contributed by atoms with Crippen LogP contribution < -0.4 is 4.90 Å². The van der Waals surface area contributed by atoms with Crippen molar-refractivity contribution in [1.29, 1.82) is 0 Å². The second-order valence-electron chi connectivity index (χ2n) is 6.74. The first-order chi connectivity index (χ1) is 13.7. The molecule has 1 aliphatic heterocycles. The molecule has 0 bridgehead atoms. The number of aromatic nitrogens is 3. The summed E-state index contributed by atoms with van der Waals surface area (Å²) in [6, 6.07) is 11.8. The zero-order chi connectivity index (χ0) is 19.5. The van der Waals surface area contributed by atoms with E-state index in [0.29, 0.717) is 24.7 Å². The Bertz CT molecular complexity index is 966. The highest BCUT2D eigenvalue weighted by atomic mass is 35.5. The Morgan fingerprint density at radius 2 is 1.93 bits per heavy atom. The van der Waals surface area contributed by atoms with Gasteiger partial charge in [0.1, 0.15) is 18.2 Å². The highest BCUT2D eigenvalue weighted by Crippen LogP contribution is 2.20. The molecule has 8 heteroatoms. The van der Waals surface area contributed by atoms with Crippen molar-refractivity contribution in [3.63, 3.8) is 0 Å². The highest BCUT2D eigenvalue weighted by Gasteiger charge is 2.23. The van der Waals surface area contributed by atoms with Crippen molar-refractivity contribution in [3.05, 3.63) is 53.4 Å². The van der Waals surface area contributed by atoms with Gasteiger partial charge in [0, 0.05) is 32.4 Å². The number of imidazole rings is 1. The van der Waals surface area contributed by atoms with E-state index in [0.717, 1.165) is 41.5 Å². The summed E-state index contributed by atoms with van der Waals surface area (Å²) >= 11 is 7.63. The summed E-state index contributed by atoms with van der Waals surface area (Å²) in [6.45, 7) is 3.24. The summed E-state index contributed by atoms with van der Waals surface area (Å²) < 4.78 is 2.06. The van der Waals surface area contributed by atoms with Gasteiger partial charge < -0.3 is 14.4 Å². The summed E-state index contributed by atoms with van der Waals surface area (Å²) in [5, 5.41) is 0.631. The lowest BCUT2D eigenvalue weighted by Gasteiger charge is -2.35. The lowest BCUT2D eigenvalue weighted by molar-refractivity contribution is -0.132. The maximum absolute atomic E-state index is 13.0. The maximum atomic E-state index is 13.0. The van der Waals surface area contributed by atoms with Crippen LogP contribution >= 0.6 is 23.4 Å². The third-order valence-electron chi connectivity index (χ3n) is 4.97. The Morgan fingerprint density at radius 3 is 2.64 bits per heavy atom. The number of carbonyl (C=O) groups is 1. The van der Waals surface area contributed by atoms with Crippen LogP contribution in [0.2, 0.25) is 5.02 Å². The minimum absolute atomic E-state index is 0.134. The van der Waals surface area contributed by atoms with E-state index in [-0.39, 0.29) is 5.91 Å². The first kappa shape index (κ1) is 19.1. The van der Waals surface area contributed by atoms with Gasteiger partial charge in [-0.3, -0.25) is 4.79 Å². The largest absolute Gasteiger partial charge is 0.353 e. The Balaban J connectivity index is 1.44. The van der Waals surface area contributed by atoms with Gasteiger partial charge in [-0.15, -0.1) is 0 Å². The molecule has 0 saturated carbocycles. The molecular weight excluding hydrogens is 394 g/mol. The number of pyridine rings is 1. The minimum atomic E-state index is 0.134. The van der Waals surface area contributed by atoms with E-state index in [1.165, 1.54) is 0 Å². The first-order valence-corrected chi connectivity index (χ1v) is 11.0. The van der Waals surface area contributed by atoms with Gasteiger partial charge in [-0.05, 0) is 30.5 Å². The Labute approximate surface area is 173 Å². The second kappa shape index (κ2) is 8.41. The van der Waals surface area contributed by atoms with E-state index in [4.69, 9.17) is 16.6 Å². The molecule has 1 aliphatic rings. The summed E-state index contributed by atoms with van der Waals surface area (Å²) in [7, 11) is 0. The number of nitrogens with zero attached hydrogens (tertiary/aromatic N) is 5. The fraction of sp³-hybridized carbons (Fsp3) is 0.350. The van der Waals surface area contributed by atoms with Gasteiger partial charge in [0.05, 0.1) is 21.8 Å². The fourth-order valence-corrected chi connectivity index (χ4v) is 4.11. The number of piperazine rings is 1. The van der Waals surface area contributed by atoms with Gasteiger partial charge in [0.25, 0.3) is 0 Å². The molecule has 28 heavy (non-hydrogen) atoms. The second-order valence-corrected chi connectivity index (χ2v) is 8.04. The van der Waals surface area contributed by atoms with Crippen LogP contribution in [-0.2, 0) is 17.1 Å². The number of para-hydroxylation sites is 2. The summed E-state index contributed by atoms with van der Waals surface area (Å²) in [5.41, 5.74) is 1.96. The van der Waals surface area contributed by atoms with Crippen LogP contribution in [0.3, 0.4) is 0 Å². The van der Waals surface area contributed by atoms with Gasteiger partial charge in [-0.25, -0.2) is 9.97 Å². The molecule has 3 aromatic rings. The number of hydrogen-bond donors (Lipinski definition) is 0. The molecular formula is C20H22ClN5OS. The van der Waals surface area contributed by atoms with Crippen molar-refractivity contribution in [3.8, 4) is 0 Å². The molecule has 4 rings (SSSR count). The molecule has 0 atom stereocenters. The smallest absolute Gasteiger partial charge is 0.242 e. The molecule has 0 aliphatic carbocycles. The Morgan fingerprint density at radius 1 is 1.14 bits per heavy atom. The number of thioether (sulfide) groups is 1. The Kier molecular flexibility index (Phi) is 5.73. The number of carbonyl (C=O) groups excluding carboxylic acids is 1. The molecule has 1 aromatic carbocycles. The van der Waals surface area contributed by atoms with Crippen molar-refractivity contribution in [2.75, 3.05) is 37.3 Å². The van der Waals surface area contributed by atoms with E-state index in [9.17, 15) is 4.79 Å². The van der Waals surface area contributed by atoms with Crippen LogP contribution in [-0.4, -0.2) is 57.8 Å². The summed E-state index contributed by atoms with van der Waals surface area (Å²) in [4.78, 5) is 26.2. The molecule has 1 saturated heterocycles. The van der Waals surface area contributed by atoms with Crippen molar-refractivity contribution in [1.82, 2.24) is 19.4 Å². The number of halogens is 1. The number of amides is 1. The lowest BCUT2D eigenvalue weighted by Crippen LogP contribution is -2.49. The van der Waals surface area contributed by atoms with E-state index in [2.05, 4.69) is 20.7 Å². The fourth-order valence-electron chi connectivity index (χ4n) is 3.52. The zero-order valence-corrected chi connectivity index (χ0v) is 17.3. The molecule has 0 radical (unpaired) electrons. The van der Waals surface area contributed by atoms with Crippen LogP contribution in [0.4, 0.5) is 5.82 Å². The van der Waals surface area contributed by atoms with Gasteiger partial charge in [-0.2, -0.15) is 11.8 Å². The van der Waals surface area contributed by atoms with Gasteiger partial charge >= 0.3 is 0 Å². The number of rotatable bonds is 5. The first-order valence-electron chi connectivity index (χ1n) is 9.23. The molecule has 0 N–H and O–H groups in total. The third-order valence-corrected chi connectivity index (χ3v) is 5.74. The van der Waals surface area contributed by atoms with Crippen molar-refractivity contribution in [2.24, 2.45) is 0 Å². The van der Waals surface area contributed by atoms with Gasteiger partial charge in [-0.1, -0.05) is 23.7 Å². The van der Waals surface area contributed by atoms with Crippen molar-refractivity contribution < 1.29 is 4.79 Å². The maximum Gasteiger partial charge on any atom is 0.242 e. The summed E-state index contributed by atoms with van der Waals surface area (Å²) in [5.74, 6) is 2.78. The monoisotopic (exact) mass is 415 g/mol. The average molecular weight is 416 g/mol. The third kappa shape index (κ3) is 3.95. The molecule has 3 heterocycles. The van der Waals surface area contributed by atoms with E-state index >= 15 is 0 Å². The van der Waals surface area contributed by atoms with Crippen LogP contribution in [0.5, 0.6) is 0 Å². The zero-order valence-electron chi connectivity index (χ0n) is 15.7. The molecule has 6 nitrogen and oxygen atoms in total.